The summed E-state index contributed by atoms with van der Waals surface area (Å²) in [5.74, 6) is 1.01. The summed E-state index contributed by atoms with van der Waals surface area (Å²) in [5.41, 5.74) is 9.69. The Morgan fingerprint density at radius 1 is 0.712 bits per heavy atom. The van der Waals surface area contributed by atoms with Crippen LogP contribution in [0, 0.1) is 11.8 Å². The van der Waals surface area contributed by atoms with E-state index in [9.17, 15) is 0 Å². The summed E-state index contributed by atoms with van der Waals surface area (Å²) in [6.45, 7) is 0. The van der Waals surface area contributed by atoms with E-state index >= 15 is 0 Å². The second kappa shape index (κ2) is 12.1. The lowest BCUT2D eigenvalue weighted by Gasteiger charge is -2.45. The van der Waals surface area contributed by atoms with Gasteiger partial charge in [-0.25, -0.2) is 0 Å². The number of nitrogens with zero attached hydrogens (tertiary/aromatic N) is 2. The second-order valence-electron chi connectivity index (χ2n) is 15.3. The van der Waals surface area contributed by atoms with Crippen molar-refractivity contribution in [1.82, 2.24) is 0 Å². The Bertz CT molecular complexity index is 2380. The first-order valence-corrected chi connectivity index (χ1v) is 19.2. The lowest BCUT2D eigenvalue weighted by atomic mass is 9.73. The van der Waals surface area contributed by atoms with Crippen molar-refractivity contribution in [3.63, 3.8) is 0 Å². The van der Waals surface area contributed by atoms with Crippen LogP contribution in [-0.2, 0) is 4.74 Å². The van der Waals surface area contributed by atoms with Gasteiger partial charge in [-0.2, -0.15) is 0 Å². The largest absolute Gasteiger partial charge is 0.456 e. The fraction of sp³-hybridized carbons (Fsp3) is 0.250. The number of furan rings is 1. The summed E-state index contributed by atoms with van der Waals surface area (Å²) in [6.07, 6.45) is 30.6. The number of hydrogen-bond donors (Lipinski definition) is 0. The monoisotopic (exact) mass is 678 g/mol. The molecule has 4 aliphatic carbocycles. The molecule has 0 N–H and O–H groups in total. The molecule has 1 saturated carbocycles. The second-order valence-corrected chi connectivity index (χ2v) is 15.3. The fourth-order valence-electron chi connectivity index (χ4n) is 10.4. The SMILES string of the molecule is C1=CCC(N2c3ccc(-c4ccccc4)cc3C3C=C(N(c4ccc5oc6ccccc6c5c4)C4CCCC5OC6C=CC=CC6C54)C=CC32)C=C1. The average Bonchev–Trinajstić information content (AvgIpc) is 3.88. The van der Waals surface area contributed by atoms with Crippen LogP contribution in [0.3, 0.4) is 0 Å². The van der Waals surface area contributed by atoms with E-state index in [-0.39, 0.29) is 24.2 Å². The van der Waals surface area contributed by atoms with E-state index in [0.29, 0.717) is 23.9 Å². The van der Waals surface area contributed by atoms with Crippen LogP contribution in [0.5, 0.6) is 0 Å². The molecule has 0 spiro atoms. The number of ether oxygens (including phenoxy) is 1. The Morgan fingerprint density at radius 3 is 2.50 bits per heavy atom. The summed E-state index contributed by atoms with van der Waals surface area (Å²) in [6, 6.07) is 34.2. The Balaban J connectivity index is 1.07. The van der Waals surface area contributed by atoms with Crippen LogP contribution < -0.4 is 9.80 Å². The van der Waals surface area contributed by atoms with Gasteiger partial charge in [0.05, 0.1) is 24.3 Å². The summed E-state index contributed by atoms with van der Waals surface area (Å²) >= 11 is 0. The van der Waals surface area contributed by atoms with Gasteiger partial charge in [0, 0.05) is 51.6 Å². The molecule has 4 aromatic carbocycles. The van der Waals surface area contributed by atoms with Crippen LogP contribution in [0.25, 0.3) is 33.1 Å². The first-order chi connectivity index (χ1) is 25.8. The van der Waals surface area contributed by atoms with E-state index in [1.807, 2.05) is 0 Å². The van der Waals surface area contributed by atoms with Gasteiger partial charge in [-0.1, -0.05) is 115 Å². The van der Waals surface area contributed by atoms with E-state index in [1.54, 1.807) is 0 Å². The highest BCUT2D eigenvalue weighted by Crippen LogP contribution is 2.51. The third-order valence-electron chi connectivity index (χ3n) is 12.6. The number of para-hydroxylation sites is 1. The van der Waals surface area contributed by atoms with Gasteiger partial charge in [-0.3, -0.25) is 0 Å². The molecule has 11 rings (SSSR count). The van der Waals surface area contributed by atoms with Gasteiger partial charge in [0.15, 0.2) is 0 Å². The fourth-order valence-corrected chi connectivity index (χ4v) is 10.4. The lowest BCUT2D eigenvalue weighted by molar-refractivity contribution is 0.0327. The molecule has 1 aromatic heterocycles. The molecular formula is C48H42N2O2. The van der Waals surface area contributed by atoms with Gasteiger partial charge in [0.25, 0.3) is 0 Å². The van der Waals surface area contributed by atoms with E-state index < -0.39 is 0 Å². The van der Waals surface area contributed by atoms with Crippen LogP contribution in [0.2, 0.25) is 0 Å². The zero-order valence-electron chi connectivity index (χ0n) is 29.2. The van der Waals surface area contributed by atoms with Crippen LogP contribution in [0.15, 0.2) is 168 Å². The third-order valence-corrected chi connectivity index (χ3v) is 12.6. The average molecular weight is 679 g/mol. The van der Waals surface area contributed by atoms with Crippen molar-refractivity contribution in [3.8, 4) is 11.1 Å². The molecule has 0 bridgehead atoms. The first kappa shape index (κ1) is 30.3. The van der Waals surface area contributed by atoms with Crippen LogP contribution in [0.4, 0.5) is 11.4 Å². The van der Waals surface area contributed by atoms with Gasteiger partial charge in [-0.15, -0.1) is 0 Å². The standard InChI is InChI=1S/C48H42N2O2/c1-3-12-31(13-4-1)32-22-25-41-38(28-32)39-29-34(23-26-42(39)50(41)33-14-5-2-6-15-33)49(35-24-27-46-40(30-35)36-16-7-9-19-44(36)51-46)43-18-11-21-47-48(43)37-17-8-10-20-45(37)52-47/h1-10,12-14,16-17,19-20,22-30,33,37,39,42-43,45,47-48H,11,15,18,21H2. The molecule has 5 aromatic rings. The minimum Gasteiger partial charge on any atom is -0.456 e. The summed E-state index contributed by atoms with van der Waals surface area (Å²) in [5, 5.41) is 2.34. The maximum atomic E-state index is 6.80. The van der Waals surface area contributed by atoms with Crippen molar-refractivity contribution in [2.75, 3.05) is 9.80 Å². The first-order valence-electron chi connectivity index (χ1n) is 19.2. The zero-order valence-corrected chi connectivity index (χ0v) is 29.2. The molecule has 2 aliphatic heterocycles. The van der Waals surface area contributed by atoms with Crippen molar-refractivity contribution < 1.29 is 9.15 Å². The van der Waals surface area contributed by atoms with Gasteiger partial charge >= 0.3 is 0 Å². The minimum absolute atomic E-state index is 0.160. The van der Waals surface area contributed by atoms with E-state index in [1.165, 1.54) is 44.5 Å². The number of allylic oxidation sites excluding steroid dienone is 5. The van der Waals surface area contributed by atoms with Crippen molar-refractivity contribution in [3.05, 3.63) is 169 Å². The van der Waals surface area contributed by atoms with Crippen molar-refractivity contribution in [2.24, 2.45) is 11.8 Å². The molecule has 3 heterocycles. The lowest BCUT2D eigenvalue weighted by Crippen LogP contribution is -2.48. The smallest absolute Gasteiger partial charge is 0.135 e. The van der Waals surface area contributed by atoms with Crippen molar-refractivity contribution in [2.45, 2.75) is 61.9 Å². The molecule has 4 heteroatoms. The molecule has 0 amide bonds. The van der Waals surface area contributed by atoms with Crippen LogP contribution in [-0.4, -0.2) is 30.3 Å². The van der Waals surface area contributed by atoms with Crippen LogP contribution in [0.1, 0.15) is 37.2 Å². The highest BCUT2D eigenvalue weighted by Gasteiger charge is 2.51. The van der Waals surface area contributed by atoms with Gasteiger partial charge in [0.1, 0.15) is 11.2 Å². The van der Waals surface area contributed by atoms with Gasteiger partial charge in [-0.05, 0) is 84.8 Å². The minimum atomic E-state index is 0.160. The topological polar surface area (TPSA) is 28.9 Å². The molecule has 8 atom stereocenters. The van der Waals surface area contributed by atoms with Crippen molar-refractivity contribution in [1.29, 1.82) is 0 Å². The predicted octanol–water partition coefficient (Wildman–Crippen LogP) is 11.0. The normalized spacial score (nSPS) is 29.6. The number of fused-ring (bicyclic) bond motifs is 9. The molecule has 6 aliphatic rings. The van der Waals surface area contributed by atoms with Crippen LogP contribution >= 0.6 is 0 Å². The van der Waals surface area contributed by atoms with E-state index in [4.69, 9.17) is 9.15 Å². The Morgan fingerprint density at radius 2 is 1.58 bits per heavy atom. The van der Waals surface area contributed by atoms with E-state index in [0.717, 1.165) is 36.8 Å². The summed E-state index contributed by atoms with van der Waals surface area (Å²) < 4.78 is 13.1. The molecule has 1 saturated heterocycles. The quantitative estimate of drug-likeness (QED) is 0.185. The predicted molar refractivity (Wildman–Crippen MR) is 213 cm³/mol. The number of benzene rings is 4. The Kier molecular flexibility index (Phi) is 7.08. The highest BCUT2D eigenvalue weighted by molar-refractivity contribution is 6.06. The Labute approximate surface area is 305 Å². The number of rotatable bonds is 5. The molecule has 2 fully saturated rings. The maximum absolute atomic E-state index is 6.80. The summed E-state index contributed by atoms with van der Waals surface area (Å²) in [7, 11) is 0. The summed E-state index contributed by atoms with van der Waals surface area (Å²) in [4.78, 5) is 5.38. The molecule has 8 unspecified atom stereocenters. The molecule has 52 heavy (non-hydrogen) atoms. The molecule has 4 nitrogen and oxygen atoms in total. The number of anilines is 2. The highest BCUT2D eigenvalue weighted by atomic mass is 16.5. The zero-order chi connectivity index (χ0) is 34.2. The number of hydrogen-bond acceptors (Lipinski definition) is 4. The molecule has 0 radical (unpaired) electrons. The van der Waals surface area contributed by atoms with Gasteiger partial charge < -0.3 is 19.0 Å². The maximum Gasteiger partial charge on any atom is 0.135 e. The third kappa shape index (κ3) is 4.77. The molecular weight excluding hydrogens is 637 g/mol. The van der Waals surface area contributed by atoms with Crippen molar-refractivity contribution >= 4 is 33.3 Å². The molecule has 256 valence electrons. The van der Waals surface area contributed by atoms with E-state index in [2.05, 4.69) is 168 Å². The van der Waals surface area contributed by atoms with Gasteiger partial charge in [0.2, 0.25) is 0 Å². The Hall–Kier alpha value is -5.32.